The van der Waals surface area contributed by atoms with Gasteiger partial charge in [-0.1, -0.05) is 0 Å². The Balaban J connectivity index is 1.81. The van der Waals surface area contributed by atoms with Crippen molar-refractivity contribution in [2.45, 2.75) is 33.2 Å². The van der Waals surface area contributed by atoms with Gasteiger partial charge in [-0.2, -0.15) is 0 Å². The van der Waals surface area contributed by atoms with Crippen molar-refractivity contribution in [3.8, 4) is 0 Å². The van der Waals surface area contributed by atoms with Gasteiger partial charge in [-0.05, 0) is 43.7 Å². The van der Waals surface area contributed by atoms with Crippen LogP contribution in [0.2, 0.25) is 0 Å². The van der Waals surface area contributed by atoms with E-state index in [4.69, 9.17) is 5.73 Å². The Kier molecular flexibility index (Phi) is 6.07. The summed E-state index contributed by atoms with van der Waals surface area (Å²) in [6, 6.07) is 5.41. The molecule has 0 atom stereocenters. The van der Waals surface area contributed by atoms with Gasteiger partial charge in [-0.25, -0.2) is 9.37 Å². The van der Waals surface area contributed by atoms with Gasteiger partial charge in [0, 0.05) is 36.5 Å². The molecule has 0 saturated heterocycles. The van der Waals surface area contributed by atoms with Crippen LogP contribution in [0.4, 0.5) is 10.1 Å². The molecule has 3 aromatic rings. The maximum Gasteiger partial charge on any atom is 0.262 e. The first-order chi connectivity index (χ1) is 13.8. The Morgan fingerprint density at radius 3 is 2.55 bits per heavy atom. The molecule has 0 aliphatic carbocycles. The Bertz CT molecular complexity index is 1120. The van der Waals surface area contributed by atoms with E-state index in [-0.39, 0.29) is 37.4 Å². The smallest absolute Gasteiger partial charge is 0.262 e. The summed E-state index contributed by atoms with van der Waals surface area (Å²) in [4.78, 5) is 44.2. The maximum absolute atomic E-state index is 13.2. The molecule has 1 aromatic carbocycles. The number of amides is 2. The second-order valence-corrected chi connectivity index (χ2v) is 7.90. The zero-order valence-corrected chi connectivity index (χ0v) is 17.0. The summed E-state index contributed by atoms with van der Waals surface area (Å²) in [5, 5.41) is 0.576. The average Bonchev–Trinajstić information content (AvgIpc) is 2.97. The largest absolute Gasteiger partial charge is 0.370 e. The zero-order chi connectivity index (χ0) is 21.1. The number of halogens is 1. The molecule has 0 aliphatic heterocycles. The first-order valence-electron chi connectivity index (χ1n) is 9.07. The molecule has 7 nitrogen and oxygen atoms in total. The van der Waals surface area contributed by atoms with E-state index in [1.165, 1.54) is 51.4 Å². The Hall–Kier alpha value is -3.07. The third kappa shape index (κ3) is 4.51. The fourth-order valence-electron chi connectivity index (χ4n) is 3.02. The monoisotopic (exact) mass is 416 g/mol. The molecule has 0 saturated carbocycles. The molecule has 0 fully saturated rings. The van der Waals surface area contributed by atoms with Gasteiger partial charge in [0.25, 0.3) is 5.56 Å². The van der Waals surface area contributed by atoms with E-state index in [0.29, 0.717) is 15.9 Å². The molecule has 0 aliphatic rings. The van der Waals surface area contributed by atoms with E-state index in [1.807, 2.05) is 13.8 Å². The molecule has 9 heteroatoms. The lowest BCUT2D eigenvalue weighted by molar-refractivity contribution is -0.119. The van der Waals surface area contributed by atoms with E-state index in [2.05, 4.69) is 4.98 Å². The van der Waals surface area contributed by atoms with Crippen LogP contribution < -0.4 is 16.2 Å². The number of benzene rings is 1. The third-order valence-electron chi connectivity index (χ3n) is 4.74. The summed E-state index contributed by atoms with van der Waals surface area (Å²) >= 11 is 1.46. The van der Waals surface area contributed by atoms with E-state index < -0.39 is 11.7 Å². The number of hydrogen-bond acceptors (Lipinski definition) is 5. The van der Waals surface area contributed by atoms with Crippen LogP contribution in [0.1, 0.15) is 23.3 Å². The number of nitrogens with zero attached hydrogens (tertiary/aromatic N) is 3. The third-order valence-corrected chi connectivity index (χ3v) is 5.86. The second kappa shape index (κ2) is 8.52. The number of carbonyl (C=O) groups excluding carboxylic acids is 2. The quantitative estimate of drug-likeness (QED) is 0.640. The highest BCUT2D eigenvalue weighted by Crippen LogP contribution is 2.25. The second-order valence-electron chi connectivity index (χ2n) is 6.69. The fraction of sp³-hybridized carbons (Fsp3) is 0.300. The number of anilines is 1. The Morgan fingerprint density at radius 2 is 1.90 bits per heavy atom. The molecule has 3 rings (SSSR count). The van der Waals surface area contributed by atoms with Crippen molar-refractivity contribution >= 4 is 39.1 Å². The van der Waals surface area contributed by atoms with Crippen LogP contribution in [0.3, 0.4) is 0 Å². The first-order valence-corrected chi connectivity index (χ1v) is 9.89. The summed E-state index contributed by atoms with van der Waals surface area (Å²) in [5.74, 6) is -1.27. The summed E-state index contributed by atoms with van der Waals surface area (Å²) < 4.78 is 14.6. The van der Waals surface area contributed by atoms with Crippen molar-refractivity contribution in [3.05, 3.63) is 57.2 Å². The highest BCUT2D eigenvalue weighted by molar-refractivity contribution is 7.18. The minimum absolute atomic E-state index is 0.0192. The predicted molar refractivity (Wildman–Crippen MR) is 111 cm³/mol. The number of hydrogen-bond donors (Lipinski definition) is 1. The van der Waals surface area contributed by atoms with E-state index >= 15 is 0 Å². The summed E-state index contributed by atoms with van der Waals surface area (Å²) in [6.45, 7) is 4.04. The molecular formula is C20H21FN4O3S. The van der Waals surface area contributed by atoms with Crippen LogP contribution in [0.15, 0.2) is 35.4 Å². The summed E-state index contributed by atoms with van der Waals surface area (Å²) in [6.07, 6.45) is 1.44. The van der Waals surface area contributed by atoms with Crippen molar-refractivity contribution in [3.63, 3.8) is 0 Å². The zero-order valence-electron chi connectivity index (χ0n) is 16.1. The minimum Gasteiger partial charge on any atom is -0.370 e. The van der Waals surface area contributed by atoms with E-state index in [9.17, 15) is 18.8 Å². The minimum atomic E-state index is -0.543. The maximum atomic E-state index is 13.2. The molecule has 0 unspecified atom stereocenters. The molecule has 152 valence electrons. The molecule has 0 bridgehead atoms. The van der Waals surface area contributed by atoms with Gasteiger partial charge in [0.15, 0.2) is 0 Å². The highest BCUT2D eigenvalue weighted by atomic mass is 32.1. The molecule has 2 N–H and O–H groups in total. The fourth-order valence-corrected chi connectivity index (χ4v) is 4.01. The van der Waals surface area contributed by atoms with Crippen LogP contribution >= 0.6 is 11.3 Å². The number of fused-ring (bicyclic) bond motifs is 1. The summed E-state index contributed by atoms with van der Waals surface area (Å²) in [7, 11) is 0. The van der Waals surface area contributed by atoms with Gasteiger partial charge >= 0.3 is 0 Å². The van der Waals surface area contributed by atoms with E-state index in [0.717, 1.165) is 10.4 Å². The van der Waals surface area contributed by atoms with Crippen molar-refractivity contribution in [1.82, 2.24) is 9.55 Å². The molecule has 2 heterocycles. The van der Waals surface area contributed by atoms with Crippen LogP contribution in [0, 0.1) is 19.7 Å². The van der Waals surface area contributed by atoms with Gasteiger partial charge in [0.2, 0.25) is 11.8 Å². The van der Waals surface area contributed by atoms with Crippen molar-refractivity contribution < 1.29 is 14.0 Å². The van der Waals surface area contributed by atoms with Crippen molar-refractivity contribution in [2.24, 2.45) is 5.73 Å². The first kappa shape index (κ1) is 20.7. The number of aromatic nitrogens is 2. The van der Waals surface area contributed by atoms with Gasteiger partial charge in [0.05, 0.1) is 11.7 Å². The van der Waals surface area contributed by atoms with E-state index in [1.54, 1.807) is 0 Å². The molecular weight excluding hydrogens is 395 g/mol. The SMILES string of the molecule is Cc1sc2ncn(CCC(=O)N(CCC(N)=O)c3ccc(F)cc3)c(=O)c2c1C. The molecule has 0 spiro atoms. The van der Waals surface area contributed by atoms with Crippen LogP contribution in [0.25, 0.3) is 10.2 Å². The van der Waals surface area contributed by atoms with Gasteiger partial charge < -0.3 is 10.6 Å². The number of nitrogens with two attached hydrogens (primary N) is 1. The number of primary amides is 1. The lowest BCUT2D eigenvalue weighted by Gasteiger charge is -2.22. The van der Waals surface area contributed by atoms with Gasteiger partial charge in [-0.15, -0.1) is 11.3 Å². The number of aryl methyl sites for hydroxylation is 3. The van der Waals surface area contributed by atoms with Gasteiger partial charge in [-0.3, -0.25) is 19.0 Å². The molecule has 2 aromatic heterocycles. The van der Waals surface area contributed by atoms with Crippen LogP contribution in [-0.2, 0) is 16.1 Å². The Labute approximate surface area is 170 Å². The molecule has 29 heavy (non-hydrogen) atoms. The molecule has 0 radical (unpaired) electrons. The summed E-state index contributed by atoms with van der Waals surface area (Å²) in [5.41, 5.74) is 6.38. The van der Waals surface area contributed by atoms with Crippen molar-refractivity contribution in [1.29, 1.82) is 0 Å². The standard InChI is InChI=1S/C20H21FN4O3S/c1-12-13(2)29-19-18(12)20(28)24(11-23-19)9-8-17(27)25(10-7-16(22)26)15-5-3-14(21)4-6-15/h3-6,11H,7-10H2,1-2H3,(H2,22,26). The van der Waals surface area contributed by atoms with Crippen molar-refractivity contribution in [2.75, 3.05) is 11.4 Å². The average molecular weight is 416 g/mol. The highest BCUT2D eigenvalue weighted by Gasteiger charge is 2.18. The van der Waals surface area contributed by atoms with Gasteiger partial charge in [0.1, 0.15) is 10.6 Å². The lowest BCUT2D eigenvalue weighted by atomic mass is 10.2. The predicted octanol–water partition coefficient (Wildman–Crippen LogP) is 2.51. The van der Waals surface area contributed by atoms with Crippen LogP contribution in [-0.4, -0.2) is 27.9 Å². The number of rotatable bonds is 7. The molecule has 2 amide bonds. The topological polar surface area (TPSA) is 98.3 Å². The number of thiophene rings is 1. The lowest BCUT2D eigenvalue weighted by Crippen LogP contribution is -2.35. The Morgan fingerprint density at radius 1 is 1.21 bits per heavy atom. The number of carbonyl (C=O) groups is 2. The normalized spacial score (nSPS) is 11.0. The van der Waals surface area contributed by atoms with Crippen LogP contribution in [0.5, 0.6) is 0 Å².